The van der Waals surface area contributed by atoms with E-state index in [9.17, 15) is 0 Å². The van der Waals surface area contributed by atoms with Gasteiger partial charge in [0.15, 0.2) is 0 Å². The topological polar surface area (TPSA) is 3.24 Å². The molecule has 36 valence electrons. The van der Waals surface area contributed by atoms with Crippen LogP contribution in [0, 0.1) is 0 Å². The molecule has 1 rings (SSSR count). The van der Waals surface area contributed by atoms with Crippen LogP contribution in [0.25, 0.3) is 0 Å². The van der Waals surface area contributed by atoms with Gasteiger partial charge in [-0.1, -0.05) is 0 Å². The van der Waals surface area contributed by atoms with Crippen molar-refractivity contribution in [2.75, 3.05) is 13.1 Å². The summed E-state index contributed by atoms with van der Waals surface area (Å²) in [4.78, 5) is 0. The third-order valence-corrected chi connectivity index (χ3v) is 2.63. The minimum absolute atomic E-state index is 1.36. The number of rotatable bonds is 0. The summed E-state index contributed by atoms with van der Waals surface area (Å²) in [6.45, 7) is 2.72. The van der Waals surface area contributed by atoms with Gasteiger partial charge in [0.1, 0.15) is 0 Å². The normalized spacial score (nSPS) is 25.4. The molecule has 0 radical (unpaired) electrons. The van der Waals surface area contributed by atoms with Crippen LogP contribution in [-0.2, 0) is 0 Å². The van der Waals surface area contributed by atoms with E-state index in [1.165, 1.54) is 32.4 Å². The van der Waals surface area contributed by atoms with Gasteiger partial charge >= 0.3 is 58.3 Å². The van der Waals surface area contributed by atoms with Gasteiger partial charge in [0, 0.05) is 0 Å². The molecule has 1 heterocycles. The zero-order valence-electron chi connectivity index (χ0n) is 4.48. The van der Waals surface area contributed by atoms with Crippen LogP contribution in [0.4, 0.5) is 0 Å². The summed E-state index contributed by atoms with van der Waals surface area (Å²) in [6.07, 6.45) is 4.33. The molecular formula is C5H10NSn+3. The molecule has 1 aliphatic heterocycles. The van der Waals surface area contributed by atoms with E-state index in [1.807, 2.05) is 0 Å². The zero-order chi connectivity index (χ0) is 5.11. The van der Waals surface area contributed by atoms with Gasteiger partial charge < -0.3 is 0 Å². The maximum atomic E-state index is 2.48. The summed E-state index contributed by atoms with van der Waals surface area (Å²) in [5.74, 6) is 0. The van der Waals surface area contributed by atoms with Gasteiger partial charge in [-0.25, -0.2) is 0 Å². The fourth-order valence-electron chi connectivity index (χ4n) is 0.894. The third kappa shape index (κ3) is 2.00. The molecule has 0 saturated carbocycles. The molecule has 0 aromatic rings. The number of hydrogen-bond acceptors (Lipinski definition) is 1. The van der Waals surface area contributed by atoms with Crippen LogP contribution in [0.2, 0.25) is 0 Å². The maximum absolute atomic E-state index is 2.48. The summed E-state index contributed by atoms with van der Waals surface area (Å²) in [5, 5.41) is 0. The monoisotopic (exact) mass is 204 g/mol. The average Bonchev–Trinajstić information content (AvgIpc) is 1.69. The molecule has 0 spiro atoms. The summed E-state index contributed by atoms with van der Waals surface area (Å²) in [5.41, 5.74) is 0. The fourth-order valence-corrected chi connectivity index (χ4v) is 1.80. The van der Waals surface area contributed by atoms with Gasteiger partial charge in [-0.05, 0) is 0 Å². The molecule has 0 atom stereocenters. The summed E-state index contributed by atoms with van der Waals surface area (Å²) >= 11 is 1.60. The van der Waals surface area contributed by atoms with E-state index < -0.39 is 0 Å². The van der Waals surface area contributed by atoms with Gasteiger partial charge in [-0.2, -0.15) is 0 Å². The first-order valence-electron chi connectivity index (χ1n) is 2.86. The Hall–Kier alpha value is 0.759. The molecule has 7 heavy (non-hydrogen) atoms. The molecule has 1 saturated heterocycles. The molecule has 0 aromatic heterocycles. The van der Waals surface area contributed by atoms with Crippen LogP contribution < -0.4 is 0 Å². The zero-order valence-corrected chi connectivity index (χ0v) is 7.34. The minimum atomic E-state index is 1.36. The number of hydrogen-bond donors (Lipinski definition) is 0. The van der Waals surface area contributed by atoms with Crippen LogP contribution in [-0.4, -0.2) is 39.0 Å². The SMILES string of the molecule is [Sn+3][N]1CCCCC1. The average molecular weight is 203 g/mol. The Labute approximate surface area is 58.5 Å². The van der Waals surface area contributed by atoms with Crippen molar-refractivity contribution in [1.82, 2.24) is 3.12 Å². The molecule has 2 heteroatoms. The Bertz CT molecular complexity index is 50.0. The quantitative estimate of drug-likeness (QED) is 0.519. The van der Waals surface area contributed by atoms with Crippen LogP contribution in [0.3, 0.4) is 0 Å². The van der Waals surface area contributed by atoms with Gasteiger partial charge in [0.25, 0.3) is 0 Å². The van der Waals surface area contributed by atoms with Crippen molar-refractivity contribution in [3.63, 3.8) is 0 Å². The van der Waals surface area contributed by atoms with Crippen molar-refractivity contribution in [2.45, 2.75) is 19.3 Å². The Kier molecular flexibility index (Phi) is 2.46. The van der Waals surface area contributed by atoms with Crippen LogP contribution in [0.1, 0.15) is 19.3 Å². The van der Waals surface area contributed by atoms with Crippen molar-refractivity contribution in [1.29, 1.82) is 0 Å². The van der Waals surface area contributed by atoms with Gasteiger partial charge in [0.05, 0.1) is 0 Å². The molecule has 1 aliphatic rings. The molecular weight excluding hydrogens is 193 g/mol. The molecule has 0 bridgehead atoms. The van der Waals surface area contributed by atoms with Crippen molar-refractivity contribution in [3.8, 4) is 0 Å². The summed E-state index contributed by atoms with van der Waals surface area (Å²) in [7, 11) is 0. The molecule has 0 N–H and O–H groups in total. The second kappa shape index (κ2) is 2.92. The summed E-state index contributed by atoms with van der Waals surface area (Å²) in [6, 6.07) is 0. The first-order chi connectivity index (χ1) is 3.39. The number of nitrogens with zero attached hydrogens (tertiary/aromatic N) is 1. The molecule has 0 aliphatic carbocycles. The van der Waals surface area contributed by atoms with Crippen molar-refractivity contribution >= 4 is 22.8 Å². The van der Waals surface area contributed by atoms with E-state index in [0.717, 1.165) is 0 Å². The molecule has 1 fully saturated rings. The first-order valence-corrected chi connectivity index (χ1v) is 4.13. The first kappa shape index (κ1) is 5.89. The van der Waals surface area contributed by atoms with E-state index in [0.29, 0.717) is 0 Å². The van der Waals surface area contributed by atoms with Crippen molar-refractivity contribution in [3.05, 3.63) is 0 Å². The number of piperidine rings is 1. The predicted octanol–water partition coefficient (Wildman–Crippen LogP) is 0.556. The third-order valence-electron chi connectivity index (χ3n) is 1.36. The Morgan fingerprint density at radius 3 is 1.86 bits per heavy atom. The van der Waals surface area contributed by atoms with Crippen LogP contribution >= 0.6 is 0 Å². The second-order valence-corrected chi connectivity index (χ2v) is 3.85. The van der Waals surface area contributed by atoms with Crippen molar-refractivity contribution < 1.29 is 0 Å². The van der Waals surface area contributed by atoms with Gasteiger partial charge in [-0.15, -0.1) is 0 Å². The van der Waals surface area contributed by atoms with E-state index >= 15 is 0 Å². The standard InChI is InChI=1S/C5H10N.Sn/c1-2-4-6-5-3-1;/h1-5H2;/q-1;+4. The van der Waals surface area contributed by atoms with E-state index in [4.69, 9.17) is 0 Å². The van der Waals surface area contributed by atoms with Crippen LogP contribution in [0.5, 0.6) is 0 Å². The molecule has 0 amide bonds. The van der Waals surface area contributed by atoms with Gasteiger partial charge in [-0.3, -0.25) is 0 Å². The van der Waals surface area contributed by atoms with E-state index in [1.54, 1.807) is 22.8 Å². The Morgan fingerprint density at radius 2 is 1.57 bits per heavy atom. The van der Waals surface area contributed by atoms with Crippen molar-refractivity contribution in [2.24, 2.45) is 0 Å². The second-order valence-electron chi connectivity index (χ2n) is 2.05. The fraction of sp³-hybridized carbons (Fsp3) is 1.00. The van der Waals surface area contributed by atoms with E-state index in [2.05, 4.69) is 3.12 Å². The van der Waals surface area contributed by atoms with E-state index in [-0.39, 0.29) is 0 Å². The summed E-state index contributed by atoms with van der Waals surface area (Å²) < 4.78 is 2.48. The molecule has 1 nitrogen and oxygen atoms in total. The molecule has 0 unspecified atom stereocenters. The van der Waals surface area contributed by atoms with Gasteiger partial charge in [0.2, 0.25) is 0 Å². The predicted molar refractivity (Wildman–Crippen MR) is 31.2 cm³/mol. The molecule has 0 aromatic carbocycles. The Morgan fingerprint density at radius 1 is 1.00 bits per heavy atom. The Balaban J connectivity index is 2.12. The van der Waals surface area contributed by atoms with Crippen LogP contribution in [0.15, 0.2) is 0 Å².